The Bertz CT molecular complexity index is 2540. The third-order valence-corrected chi connectivity index (χ3v) is 18.0. The Hall–Kier alpha value is -5.12. The molecule has 4 aliphatic carbocycles. The number of carbonyl (C=O) groups is 4. The Morgan fingerprint density at radius 3 is 2.02 bits per heavy atom. The molecular weight excluding hydrogens is 817 g/mol. The highest BCUT2D eigenvalue weighted by Crippen LogP contribution is 2.70. The monoisotopic (exact) mass is 878 g/mol. The van der Waals surface area contributed by atoms with E-state index in [-0.39, 0.29) is 33.1 Å². The SMILES string of the molecule is CC(C)CCCC(C)C1CCC2C3CCC4CC(c5ccc(Oc6ccc7c(c6)C(=O)OC7=O)cc5)(c5cccc(C(OO)c6ccc7c(c6)C(=O)OC7=O)c5)CCC4(C)C3CCC12C. The van der Waals surface area contributed by atoms with Crippen LogP contribution in [0.25, 0.3) is 0 Å². The molecule has 9 heteroatoms. The number of ether oxygens (including phenoxy) is 3. The van der Waals surface area contributed by atoms with Crippen LogP contribution in [0.5, 0.6) is 11.5 Å². The van der Waals surface area contributed by atoms with E-state index in [2.05, 4.69) is 58.9 Å². The standard InChI is InChI=1S/C56H62O9/c1-32(2)8-6-9-33(3)46-22-23-47-43-20-15-38-31-56(27-26-54(38,4)48(43)24-25-55(46,47)5,36-13-16-39(17-14-36)62-40-18-21-42-45(30-40)53(60)64-51(42)58)37-11-7-10-34(28-37)49(65-61)35-12-19-41-44(29-35)52(59)63-50(41)57/h7,10-14,16-19,21,28-30,32-33,38,43,46-49,61H,6,8-9,15,20,22-27,31H2,1-5H3. The molecule has 10 atom stereocenters. The van der Waals surface area contributed by atoms with Gasteiger partial charge < -0.3 is 14.2 Å². The molecule has 10 unspecified atom stereocenters. The number of benzene rings is 4. The first-order valence-corrected chi connectivity index (χ1v) is 24.2. The number of rotatable bonds is 12. The molecule has 2 aliphatic heterocycles. The lowest BCUT2D eigenvalue weighted by Crippen LogP contribution is -2.55. The highest BCUT2D eigenvalue weighted by atomic mass is 17.1. The summed E-state index contributed by atoms with van der Waals surface area (Å²) in [6.45, 7) is 12.6. The van der Waals surface area contributed by atoms with Gasteiger partial charge in [0, 0.05) is 5.41 Å². The maximum absolute atomic E-state index is 12.5. The summed E-state index contributed by atoms with van der Waals surface area (Å²) in [5, 5.41) is 10.5. The van der Waals surface area contributed by atoms with Crippen LogP contribution in [0.15, 0.2) is 84.9 Å². The van der Waals surface area contributed by atoms with Crippen LogP contribution in [0.2, 0.25) is 0 Å². The smallest absolute Gasteiger partial charge is 0.347 e. The first-order chi connectivity index (χ1) is 31.2. The normalized spacial score (nSPS) is 31.0. The van der Waals surface area contributed by atoms with Crippen molar-refractivity contribution in [2.24, 2.45) is 52.3 Å². The molecule has 4 fully saturated rings. The fourth-order valence-corrected chi connectivity index (χ4v) is 14.7. The maximum Gasteiger partial charge on any atom is 0.347 e. The third-order valence-electron chi connectivity index (χ3n) is 18.0. The van der Waals surface area contributed by atoms with Gasteiger partial charge in [0.05, 0.1) is 22.3 Å². The molecule has 340 valence electrons. The van der Waals surface area contributed by atoms with E-state index in [0.29, 0.717) is 34.3 Å². The minimum Gasteiger partial charge on any atom is -0.457 e. The molecular formula is C56H62O9. The van der Waals surface area contributed by atoms with Crippen LogP contribution in [0.1, 0.15) is 181 Å². The van der Waals surface area contributed by atoms with E-state index in [4.69, 9.17) is 19.1 Å². The van der Waals surface area contributed by atoms with Gasteiger partial charge in [-0.1, -0.05) is 96.3 Å². The summed E-state index contributed by atoms with van der Waals surface area (Å²) in [4.78, 5) is 54.4. The van der Waals surface area contributed by atoms with Crippen LogP contribution in [-0.4, -0.2) is 29.1 Å². The molecule has 0 saturated heterocycles. The summed E-state index contributed by atoms with van der Waals surface area (Å²) in [7, 11) is 0. The molecule has 0 bridgehead atoms. The van der Waals surface area contributed by atoms with Gasteiger partial charge in [0.1, 0.15) is 17.6 Å². The first kappa shape index (κ1) is 43.8. The van der Waals surface area contributed by atoms with Crippen LogP contribution in [-0.2, 0) is 19.8 Å². The van der Waals surface area contributed by atoms with Crippen molar-refractivity contribution in [1.29, 1.82) is 0 Å². The topological polar surface area (TPSA) is 125 Å². The number of cyclic esters (lactones) is 4. The van der Waals surface area contributed by atoms with Gasteiger partial charge in [0.25, 0.3) is 0 Å². The van der Waals surface area contributed by atoms with Gasteiger partial charge in [-0.2, -0.15) is 0 Å². The third kappa shape index (κ3) is 7.36. The van der Waals surface area contributed by atoms with Crippen molar-refractivity contribution in [2.75, 3.05) is 0 Å². The lowest BCUT2D eigenvalue weighted by atomic mass is 9.42. The van der Waals surface area contributed by atoms with E-state index in [1.165, 1.54) is 63.4 Å². The number of carbonyl (C=O) groups excluding carboxylic acids is 4. The lowest BCUT2D eigenvalue weighted by molar-refractivity contribution is -0.270. The average molecular weight is 879 g/mol. The lowest BCUT2D eigenvalue weighted by Gasteiger charge is -2.63. The number of hydrogen-bond donors (Lipinski definition) is 1. The van der Waals surface area contributed by atoms with Gasteiger partial charge in [0.2, 0.25) is 0 Å². The van der Waals surface area contributed by atoms with E-state index in [1.807, 2.05) is 24.3 Å². The molecule has 1 N–H and O–H groups in total. The van der Waals surface area contributed by atoms with Gasteiger partial charge >= 0.3 is 23.9 Å². The van der Waals surface area contributed by atoms with E-state index in [1.54, 1.807) is 36.4 Å². The average Bonchev–Trinajstić information content (AvgIpc) is 3.91. The highest BCUT2D eigenvalue weighted by molar-refractivity contribution is 6.15. The molecule has 10 rings (SSSR count). The first-order valence-electron chi connectivity index (χ1n) is 24.2. The molecule has 4 saturated carbocycles. The van der Waals surface area contributed by atoms with Crippen molar-refractivity contribution in [3.8, 4) is 11.5 Å². The van der Waals surface area contributed by atoms with Gasteiger partial charge in [-0.25, -0.2) is 24.1 Å². The summed E-state index contributed by atoms with van der Waals surface area (Å²) >= 11 is 0. The van der Waals surface area contributed by atoms with Crippen LogP contribution in [0.4, 0.5) is 0 Å². The minimum atomic E-state index is -0.912. The van der Waals surface area contributed by atoms with Crippen LogP contribution < -0.4 is 4.74 Å². The van der Waals surface area contributed by atoms with E-state index in [9.17, 15) is 24.4 Å². The molecule has 0 aromatic heterocycles. The van der Waals surface area contributed by atoms with Crippen molar-refractivity contribution in [1.82, 2.24) is 0 Å². The van der Waals surface area contributed by atoms with Gasteiger partial charge in [-0.15, -0.1) is 0 Å². The highest BCUT2D eigenvalue weighted by Gasteiger charge is 2.62. The Morgan fingerprint density at radius 1 is 0.631 bits per heavy atom. The van der Waals surface area contributed by atoms with E-state index in [0.717, 1.165) is 60.0 Å². The zero-order chi connectivity index (χ0) is 45.4. The molecule has 9 nitrogen and oxygen atoms in total. The zero-order valence-corrected chi connectivity index (χ0v) is 38.4. The number of fused-ring (bicyclic) bond motifs is 7. The van der Waals surface area contributed by atoms with E-state index < -0.39 is 30.0 Å². The Labute approximate surface area is 382 Å². The quantitative estimate of drug-likeness (QED) is 0.0641. The molecule has 65 heavy (non-hydrogen) atoms. The van der Waals surface area contributed by atoms with Crippen molar-refractivity contribution >= 4 is 23.9 Å². The molecule has 0 spiro atoms. The second-order valence-corrected chi connectivity index (χ2v) is 21.6. The van der Waals surface area contributed by atoms with Crippen molar-refractivity contribution in [3.63, 3.8) is 0 Å². The number of hydrogen-bond acceptors (Lipinski definition) is 9. The summed E-state index contributed by atoms with van der Waals surface area (Å²) in [5.74, 6) is 3.51. The predicted octanol–water partition coefficient (Wildman–Crippen LogP) is 13.1. The predicted molar refractivity (Wildman–Crippen MR) is 245 cm³/mol. The van der Waals surface area contributed by atoms with Crippen LogP contribution >= 0.6 is 0 Å². The van der Waals surface area contributed by atoms with Gasteiger partial charge in [0.15, 0.2) is 0 Å². The summed E-state index contributed by atoms with van der Waals surface area (Å²) in [5.41, 5.74) is 4.65. The zero-order valence-electron chi connectivity index (χ0n) is 38.4. The van der Waals surface area contributed by atoms with Gasteiger partial charge in [-0.05, 0) is 175 Å². The van der Waals surface area contributed by atoms with Crippen LogP contribution in [0, 0.1) is 52.3 Å². The van der Waals surface area contributed by atoms with Crippen molar-refractivity contribution in [3.05, 3.63) is 129 Å². The second-order valence-electron chi connectivity index (χ2n) is 21.6. The maximum atomic E-state index is 12.5. The van der Waals surface area contributed by atoms with Crippen LogP contribution in [0.3, 0.4) is 0 Å². The molecule has 4 aromatic carbocycles. The molecule has 4 aromatic rings. The van der Waals surface area contributed by atoms with E-state index >= 15 is 0 Å². The molecule has 0 radical (unpaired) electrons. The summed E-state index contributed by atoms with van der Waals surface area (Å²) in [6.07, 6.45) is 14.1. The van der Waals surface area contributed by atoms with Crippen molar-refractivity contribution < 1.29 is 43.5 Å². The fraction of sp³-hybridized carbons (Fsp3) is 0.500. The van der Waals surface area contributed by atoms with Gasteiger partial charge in [-0.3, -0.25) is 5.26 Å². The fourth-order valence-electron chi connectivity index (χ4n) is 14.7. The molecule has 6 aliphatic rings. The molecule has 0 amide bonds. The Balaban J connectivity index is 0.960. The second kappa shape index (κ2) is 16.6. The Morgan fingerprint density at radius 2 is 1.29 bits per heavy atom. The Kier molecular flexibility index (Phi) is 11.2. The van der Waals surface area contributed by atoms with Crippen molar-refractivity contribution in [2.45, 2.75) is 123 Å². The largest absolute Gasteiger partial charge is 0.457 e. The molecule has 2 heterocycles. The summed E-state index contributed by atoms with van der Waals surface area (Å²) < 4.78 is 15.9. The number of esters is 4. The minimum absolute atomic E-state index is 0.160. The summed E-state index contributed by atoms with van der Waals surface area (Å²) in [6, 6.07) is 26.2.